The third-order valence-electron chi connectivity index (χ3n) is 17.0. The Labute approximate surface area is 549 Å². The molecule has 0 saturated heterocycles. The summed E-state index contributed by atoms with van der Waals surface area (Å²) in [5.74, 6) is 0.931. The van der Waals surface area contributed by atoms with Crippen molar-refractivity contribution in [3.63, 3.8) is 0 Å². The first-order chi connectivity index (χ1) is 43.2. The van der Waals surface area contributed by atoms with Crippen LogP contribution in [0.1, 0.15) is 351 Å². The number of hydrogen-bond acceptors (Lipinski definition) is 15. The summed E-state index contributed by atoms with van der Waals surface area (Å²) in [6, 6.07) is 0. The molecule has 0 aromatic carbocycles. The fraction of sp³-hybridized carbons (Fsp3) is 0.944. The lowest BCUT2D eigenvalue weighted by atomic mass is 9.99. The predicted molar refractivity (Wildman–Crippen MR) is 363 cm³/mol. The number of carbonyl (C=O) groups is 4. The Morgan fingerprint density at radius 3 is 0.789 bits per heavy atom. The molecule has 0 aliphatic rings. The van der Waals surface area contributed by atoms with Crippen molar-refractivity contribution in [2.75, 3.05) is 39.6 Å². The Morgan fingerprint density at radius 1 is 0.311 bits per heavy atom. The van der Waals surface area contributed by atoms with Gasteiger partial charge in [0, 0.05) is 25.7 Å². The largest absolute Gasteiger partial charge is 0.472 e. The molecule has 0 bridgehead atoms. The Morgan fingerprint density at radius 2 is 0.533 bits per heavy atom. The molecule has 3 N–H and O–H groups in total. The third kappa shape index (κ3) is 62.2. The van der Waals surface area contributed by atoms with Crippen molar-refractivity contribution in [1.29, 1.82) is 0 Å². The molecule has 17 nitrogen and oxygen atoms in total. The molecule has 534 valence electrons. The smallest absolute Gasteiger partial charge is 0.462 e. The van der Waals surface area contributed by atoms with Gasteiger partial charge in [0.2, 0.25) is 0 Å². The summed E-state index contributed by atoms with van der Waals surface area (Å²) < 4.78 is 68.3. The van der Waals surface area contributed by atoms with Crippen molar-refractivity contribution in [2.24, 2.45) is 23.7 Å². The molecule has 0 spiro atoms. The maximum Gasteiger partial charge on any atom is 0.472 e. The van der Waals surface area contributed by atoms with E-state index in [-0.39, 0.29) is 25.7 Å². The van der Waals surface area contributed by atoms with Crippen LogP contribution in [0.2, 0.25) is 0 Å². The number of aliphatic hydroxyl groups excluding tert-OH is 1. The van der Waals surface area contributed by atoms with Crippen LogP contribution >= 0.6 is 15.6 Å². The molecule has 0 aromatic heterocycles. The monoisotopic (exact) mass is 1320 g/mol. The van der Waals surface area contributed by atoms with Crippen molar-refractivity contribution >= 4 is 39.5 Å². The summed E-state index contributed by atoms with van der Waals surface area (Å²) in [7, 11) is -9.91. The highest BCUT2D eigenvalue weighted by Gasteiger charge is 2.30. The van der Waals surface area contributed by atoms with Crippen LogP contribution in [0.4, 0.5) is 0 Å². The first-order valence-electron chi connectivity index (χ1n) is 36.8. The molecule has 90 heavy (non-hydrogen) atoms. The number of esters is 4. The number of hydrogen-bond donors (Lipinski definition) is 3. The normalized spacial score (nSPS) is 14.9. The van der Waals surface area contributed by atoms with Crippen molar-refractivity contribution in [3.8, 4) is 0 Å². The molecular formula is C71H138O17P2. The van der Waals surface area contributed by atoms with Crippen LogP contribution in [0.3, 0.4) is 0 Å². The number of aliphatic hydroxyl groups is 1. The van der Waals surface area contributed by atoms with Gasteiger partial charge in [-0.25, -0.2) is 9.13 Å². The predicted octanol–water partition coefficient (Wildman–Crippen LogP) is 20.1. The fourth-order valence-corrected chi connectivity index (χ4v) is 12.2. The van der Waals surface area contributed by atoms with Gasteiger partial charge in [-0.1, -0.05) is 299 Å². The lowest BCUT2D eigenvalue weighted by Crippen LogP contribution is -2.30. The molecule has 7 atom stereocenters. The Hall–Kier alpha value is -1.94. The minimum absolute atomic E-state index is 0.105. The van der Waals surface area contributed by atoms with E-state index in [4.69, 9.17) is 37.0 Å². The highest BCUT2D eigenvalue weighted by molar-refractivity contribution is 7.47. The van der Waals surface area contributed by atoms with Gasteiger partial charge in [0.25, 0.3) is 0 Å². The number of ether oxygens (including phenoxy) is 4. The topological polar surface area (TPSA) is 237 Å². The number of phosphoric acid groups is 2. The molecule has 0 radical (unpaired) electrons. The first kappa shape index (κ1) is 88.1. The summed E-state index contributed by atoms with van der Waals surface area (Å²) >= 11 is 0. The quantitative estimate of drug-likeness (QED) is 0.0222. The number of unbranched alkanes of at least 4 members (excludes halogenated alkanes) is 32. The van der Waals surface area contributed by atoms with Crippen molar-refractivity contribution in [2.45, 2.75) is 369 Å². The van der Waals surface area contributed by atoms with Crippen molar-refractivity contribution < 1.29 is 80.2 Å². The standard InChI is InChI=1S/C71H138O17P2/c1-9-63(7)49-41-33-25-16-12-14-18-30-38-46-54-71(76)88-66(57-81-68(73)51-43-35-27-21-19-24-32-40-48-62(5)6)59-85-89(77,78)83-55-65(72)56-84-90(79,80)86-60-67(58-82-69(74)52-44-36-28-22-20-26-34-42-50-64(8)10-2)87-70(75)53-45-37-29-17-13-11-15-23-31-39-47-61(3)4/h61-67,72H,9-60H2,1-8H3,(H,77,78)(H,79,80)/t63?,64?,65?,66-,67-/m1/s1. The van der Waals surface area contributed by atoms with E-state index in [0.29, 0.717) is 25.7 Å². The third-order valence-corrected chi connectivity index (χ3v) is 18.9. The highest BCUT2D eigenvalue weighted by atomic mass is 31.2. The molecule has 0 amide bonds. The number of carbonyl (C=O) groups excluding carboxylic acids is 4. The summed E-state index contributed by atoms with van der Waals surface area (Å²) in [4.78, 5) is 72.6. The zero-order valence-electron chi connectivity index (χ0n) is 58.8. The van der Waals surface area contributed by atoms with E-state index in [2.05, 4.69) is 55.4 Å². The van der Waals surface area contributed by atoms with Gasteiger partial charge >= 0.3 is 39.5 Å². The minimum atomic E-state index is -4.95. The Balaban J connectivity index is 5.28. The summed E-state index contributed by atoms with van der Waals surface area (Å²) in [5, 5.41) is 10.6. The van der Waals surface area contributed by atoms with Gasteiger partial charge in [0.1, 0.15) is 19.3 Å². The van der Waals surface area contributed by atoms with Gasteiger partial charge in [0.15, 0.2) is 12.2 Å². The molecule has 19 heteroatoms. The van der Waals surface area contributed by atoms with E-state index in [9.17, 15) is 43.2 Å². The molecule has 0 fully saturated rings. The number of rotatable bonds is 68. The molecule has 0 aliphatic carbocycles. The van der Waals surface area contributed by atoms with Gasteiger partial charge in [-0.3, -0.25) is 37.3 Å². The van der Waals surface area contributed by atoms with E-state index >= 15 is 0 Å². The highest BCUT2D eigenvalue weighted by Crippen LogP contribution is 2.45. The second-order valence-corrected chi connectivity index (χ2v) is 30.0. The SMILES string of the molecule is CCC(C)CCCCCCCCCCCCC(=O)O[C@H](COC(=O)CCCCCCCCCCC(C)C)COP(=O)(O)OCC(O)COP(=O)(O)OC[C@@H](COC(=O)CCCCCCCCCCC(C)CC)OC(=O)CCCCCCCCCCCCC(C)C. The van der Waals surface area contributed by atoms with Gasteiger partial charge in [0.05, 0.1) is 26.4 Å². The average Bonchev–Trinajstić information content (AvgIpc) is 3.72. The van der Waals surface area contributed by atoms with E-state index in [1.165, 1.54) is 154 Å². The summed E-state index contributed by atoms with van der Waals surface area (Å²) in [6.07, 6.45) is 42.9. The van der Waals surface area contributed by atoms with Gasteiger partial charge in [-0.05, 0) is 49.4 Å². The van der Waals surface area contributed by atoms with Crippen LogP contribution in [0.25, 0.3) is 0 Å². The maximum atomic E-state index is 13.0. The zero-order chi connectivity index (χ0) is 66.8. The van der Waals surface area contributed by atoms with Gasteiger partial charge in [-0.15, -0.1) is 0 Å². The molecule has 0 saturated carbocycles. The molecule has 0 rings (SSSR count). The summed E-state index contributed by atoms with van der Waals surface area (Å²) in [6.45, 7) is 14.1. The van der Waals surface area contributed by atoms with E-state index in [1.807, 2.05) is 0 Å². The van der Waals surface area contributed by atoms with E-state index < -0.39 is 97.5 Å². The lowest BCUT2D eigenvalue weighted by Gasteiger charge is -2.21. The lowest BCUT2D eigenvalue weighted by molar-refractivity contribution is -0.161. The Kier molecular flexibility index (Phi) is 59.4. The van der Waals surface area contributed by atoms with Crippen molar-refractivity contribution in [3.05, 3.63) is 0 Å². The van der Waals surface area contributed by atoms with E-state index in [1.54, 1.807) is 0 Å². The Bertz CT molecular complexity index is 1790. The first-order valence-corrected chi connectivity index (χ1v) is 39.8. The molecule has 5 unspecified atom stereocenters. The van der Waals surface area contributed by atoms with Crippen LogP contribution in [-0.2, 0) is 65.4 Å². The number of phosphoric ester groups is 2. The minimum Gasteiger partial charge on any atom is -0.462 e. The van der Waals surface area contributed by atoms with Crippen LogP contribution < -0.4 is 0 Å². The summed E-state index contributed by atoms with van der Waals surface area (Å²) in [5.41, 5.74) is 0. The second-order valence-electron chi connectivity index (χ2n) is 27.1. The molecule has 0 aromatic rings. The van der Waals surface area contributed by atoms with Crippen LogP contribution in [-0.4, -0.2) is 96.7 Å². The van der Waals surface area contributed by atoms with Crippen LogP contribution in [0.15, 0.2) is 0 Å². The van der Waals surface area contributed by atoms with Crippen molar-refractivity contribution in [1.82, 2.24) is 0 Å². The van der Waals surface area contributed by atoms with E-state index in [0.717, 1.165) is 114 Å². The maximum absolute atomic E-state index is 13.0. The molecule has 0 heterocycles. The molecule has 0 aliphatic heterocycles. The zero-order valence-corrected chi connectivity index (χ0v) is 60.6. The van der Waals surface area contributed by atoms with Gasteiger partial charge in [-0.2, -0.15) is 0 Å². The van der Waals surface area contributed by atoms with Crippen LogP contribution in [0.5, 0.6) is 0 Å². The second kappa shape index (κ2) is 60.7. The van der Waals surface area contributed by atoms with Gasteiger partial charge < -0.3 is 33.8 Å². The van der Waals surface area contributed by atoms with Crippen LogP contribution in [0, 0.1) is 23.7 Å². The fourth-order valence-electron chi connectivity index (χ4n) is 10.6. The molecular weight excluding hydrogens is 1190 g/mol. The average molecular weight is 1330 g/mol.